The number of carbonyl (C=O) groups excluding carboxylic acids is 2. The standard InChI is InChI=1S/C23H26N2O6S/c1-5-29-17-9-8-15(11-19(17)28-4)22-24-16(13-32-22)12-31-23(27)20(14(2)3)25-21(26)18-7-6-10-30-18/h6-11,13-14,20H,5,12H2,1-4H3,(H,25,26)/t20-/m1/s1. The van der Waals surface area contributed by atoms with Crippen LogP contribution in [0.4, 0.5) is 0 Å². The number of nitrogens with zero attached hydrogens (tertiary/aromatic N) is 1. The zero-order valence-electron chi connectivity index (χ0n) is 18.4. The molecule has 9 heteroatoms. The van der Waals surface area contributed by atoms with Crippen LogP contribution in [-0.4, -0.2) is 36.6 Å². The molecule has 1 aromatic carbocycles. The molecular weight excluding hydrogens is 432 g/mol. The summed E-state index contributed by atoms with van der Waals surface area (Å²) in [4.78, 5) is 29.4. The van der Waals surface area contributed by atoms with Crippen molar-refractivity contribution in [2.24, 2.45) is 5.92 Å². The van der Waals surface area contributed by atoms with Gasteiger partial charge in [-0.05, 0) is 43.2 Å². The topological polar surface area (TPSA) is 99.9 Å². The summed E-state index contributed by atoms with van der Waals surface area (Å²) in [6.45, 7) is 6.11. The van der Waals surface area contributed by atoms with E-state index in [1.54, 1.807) is 13.2 Å². The van der Waals surface area contributed by atoms with Crippen molar-refractivity contribution >= 4 is 23.2 Å². The molecule has 32 heavy (non-hydrogen) atoms. The van der Waals surface area contributed by atoms with E-state index < -0.39 is 17.9 Å². The molecule has 0 unspecified atom stereocenters. The summed E-state index contributed by atoms with van der Waals surface area (Å²) >= 11 is 1.44. The highest BCUT2D eigenvalue weighted by atomic mass is 32.1. The first-order chi connectivity index (χ1) is 15.4. The van der Waals surface area contributed by atoms with Gasteiger partial charge in [0.2, 0.25) is 0 Å². The van der Waals surface area contributed by atoms with Crippen molar-refractivity contribution in [3.05, 3.63) is 53.4 Å². The van der Waals surface area contributed by atoms with Crippen LogP contribution in [0.15, 0.2) is 46.4 Å². The minimum atomic E-state index is -0.805. The van der Waals surface area contributed by atoms with Crippen molar-refractivity contribution in [3.8, 4) is 22.1 Å². The highest BCUT2D eigenvalue weighted by Gasteiger charge is 2.27. The molecule has 8 nitrogen and oxygen atoms in total. The molecule has 0 aliphatic rings. The molecule has 0 bridgehead atoms. The molecule has 0 aliphatic carbocycles. The minimum Gasteiger partial charge on any atom is -0.493 e. The van der Waals surface area contributed by atoms with Gasteiger partial charge in [0, 0.05) is 10.9 Å². The molecule has 0 spiro atoms. The van der Waals surface area contributed by atoms with Gasteiger partial charge in [0.05, 0.1) is 25.7 Å². The molecule has 3 rings (SSSR count). The quantitative estimate of drug-likeness (QED) is 0.452. The Balaban J connectivity index is 1.63. The number of hydrogen-bond acceptors (Lipinski definition) is 8. The zero-order chi connectivity index (χ0) is 23.1. The van der Waals surface area contributed by atoms with Gasteiger partial charge >= 0.3 is 5.97 Å². The van der Waals surface area contributed by atoms with Crippen LogP contribution in [0.2, 0.25) is 0 Å². The number of ether oxygens (including phenoxy) is 3. The smallest absolute Gasteiger partial charge is 0.329 e. The molecule has 170 valence electrons. The van der Waals surface area contributed by atoms with Crippen molar-refractivity contribution in [3.63, 3.8) is 0 Å². The van der Waals surface area contributed by atoms with Crippen molar-refractivity contribution in [1.82, 2.24) is 10.3 Å². The second-order valence-electron chi connectivity index (χ2n) is 7.22. The Morgan fingerprint density at radius 2 is 2.03 bits per heavy atom. The number of methoxy groups -OCH3 is 1. The Hall–Kier alpha value is -3.33. The lowest BCUT2D eigenvalue weighted by atomic mass is 10.0. The summed E-state index contributed by atoms with van der Waals surface area (Å²) in [5.74, 6) is 0.269. The SMILES string of the molecule is CCOc1ccc(-c2nc(COC(=O)[C@H](NC(=O)c3ccco3)C(C)C)cs2)cc1OC. The van der Waals surface area contributed by atoms with Crippen molar-refractivity contribution < 1.29 is 28.2 Å². The fourth-order valence-electron chi connectivity index (χ4n) is 2.93. The molecule has 2 aromatic heterocycles. The fourth-order valence-corrected chi connectivity index (χ4v) is 3.74. The van der Waals surface area contributed by atoms with Gasteiger partial charge in [-0.2, -0.15) is 0 Å². The van der Waals surface area contributed by atoms with Crippen LogP contribution in [0.5, 0.6) is 11.5 Å². The Labute approximate surface area is 190 Å². The maximum absolute atomic E-state index is 12.6. The van der Waals surface area contributed by atoms with Gasteiger partial charge in [0.15, 0.2) is 17.3 Å². The summed E-state index contributed by atoms with van der Waals surface area (Å²) in [7, 11) is 1.59. The second kappa shape index (κ2) is 10.8. The molecule has 1 atom stereocenters. The monoisotopic (exact) mass is 458 g/mol. The van der Waals surface area contributed by atoms with Crippen LogP contribution in [0.25, 0.3) is 10.6 Å². The molecule has 0 aliphatic heterocycles. The number of amides is 1. The normalized spacial score (nSPS) is 11.8. The number of hydrogen-bond donors (Lipinski definition) is 1. The van der Waals surface area contributed by atoms with E-state index >= 15 is 0 Å². The fraction of sp³-hybridized carbons (Fsp3) is 0.348. The summed E-state index contributed by atoms with van der Waals surface area (Å²) in [6, 6.07) is 7.94. The van der Waals surface area contributed by atoms with E-state index in [0.29, 0.717) is 23.8 Å². The lowest BCUT2D eigenvalue weighted by Crippen LogP contribution is -2.45. The number of carbonyl (C=O) groups is 2. The van der Waals surface area contributed by atoms with Gasteiger partial charge in [-0.25, -0.2) is 9.78 Å². The van der Waals surface area contributed by atoms with Crippen LogP contribution in [-0.2, 0) is 16.1 Å². The molecule has 1 N–H and O–H groups in total. The number of benzene rings is 1. The molecule has 3 aromatic rings. The minimum absolute atomic E-state index is 0.00331. The number of rotatable bonds is 10. The van der Waals surface area contributed by atoms with Gasteiger partial charge in [0.1, 0.15) is 17.7 Å². The molecule has 0 radical (unpaired) electrons. The highest BCUT2D eigenvalue weighted by Crippen LogP contribution is 2.33. The summed E-state index contributed by atoms with van der Waals surface area (Å²) in [5.41, 5.74) is 1.49. The molecule has 2 heterocycles. The van der Waals surface area contributed by atoms with E-state index in [9.17, 15) is 9.59 Å². The van der Waals surface area contributed by atoms with E-state index in [2.05, 4.69) is 10.3 Å². The predicted molar refractivity (Wildman–Crippen MR) is 120 cm³/mol. The average molecular weight is 459 g/mol. The maximum atomic E-state index is 12.6. The zero-order valence-corrected chi connectivity index (χ0v) is 19.2. The largest absolute Gasteiger partial charge is 0.493 e. The third-order valence-electron chi connectivity index (χ3n) is 4.58. The van der Waals surface area contributed by atoms with Gasteiger partial charge < -0.3 is 23.9 Å². The van der Waals surface area contributed by atoms with E-state index in [1.807, 2.05) is 44.4 Å². The predicted octanol–water partition coefficient (Wildman–Crippen LogP) is 4.31. The van der Waals surface area contributed by atoms with Crippen LogP contribution in [0.1, 0.15) is 37.0 Å². The van der Waals surface area contributed by atoms with E-state index in [0.717, 1.165) is 10.6 Å². The maximum Gasteiger partial charge on any atom is 0.329 e. The highest BCUT2D eigenvalue weighted by molar-refractivity contribution is 7.13. The van der Waals surface area contributed by atoms with Crippen LogP contribution < -0.4 is 14.8 Å². The van der Waals surface area contributed by atoms with Crippen molar-refractivity contribution in [2.75, 3.05) is 13.7 Å². The van der Waals surface area contributed by atoms with Crippen LogP contribution in [0, 0.1) is 5.92 Å². The average Bonchev–Trinajstić information content (AvgIpc) is 3.48. The molecule has 0 saturated carbocycles. The molecule has 0 saturated heterocycles. The number of furan rings is 1. The van der Waals surface area contributed by atoms with Crippen molar-refractivity contribution in [1.29, 1.82) is 0 Å². The Bertz CT molecular complexity index is 1040. The number of aromatic nitrogens is 1. The van der Waals surface area contributed by atoms with Crippen molar-refractivity contribution in [2.45, 2.75) is 33.4 Å². The summed E-state index contributed by atoms with van der Waals surface area (Å²) in [5, 5.41) is 5.26. The first-order valence-corrected chi connectivity index (χ1v) is 11.1. The van der Waals surface area contributed by atoms with E-state index in [1.165, 1.54) is 23.7 Å². The van der Waals surface area contributed by atoms with Crippen LogP contribution in [0.3, 0.4) is 0 Å². The Morgan fingerprint density at radius 3 is 2.69 bits per heavy atom. The molecule has 0 fully saturated rings. The van der Waals surface area contributed by atoms with Gasteiger partial charge in [-0.3, -0.25) is 4.79 Å². The number of nitrogens with one attached hydrogen (secondary N) is 1. The summed E-state index contributed by atoms with van der Waals surface area (Å²) in [6.07, 6.45) is 1.40. The van der Waals surface area contributed by atoms with Gasteiger partial charge in [-0.15, -0.1) is 11.3 Å². The third kappa shape index (κ3) is 5.67. The first-order valence-electron chi connectivity index (χ1n) is 10.2. The molecular formula is C23H26N2O6S. The van der Waals surface area contributed by atoms with Crippen LogP contribution >= 0.6 is 11.3 Å². The number of esters is 1. The summed E-state index contributed by atoms with van der Waals surface area (Å²) < 4.78 is 21.4. The number of thiazole rings is 1. The lowest BCUT2D eigenvalue weighted by Gasteiger charge is -2.20. The van der Waals surface area contributed by atoms with E-state index in [4.69, 9.17) is 18.6 Å². The first kappa shape index (κ1) is 23.3. The molecule has 1 amide bonds. The Morgan fingerprint density at radius 1 is 1.22 bits per heavy atom. The third-order valence-corrected chi connectivity index (χ3v) is 5.52. The van der Waals surface area contributed by atoms with Gasteiger partial charge in [-0.1, -0.05) is 13.8 Å². The van der Waals surface area contributed by atoms with E-state index in [-0.39, 0.29) is 18.3 Å². The van der Waals surface area contributed by atoms with Gasteiger partial charge in [0.25, 0.3) is 5.91 Å². The second-order valence-corrected chi connectivity index (χ2v) is 8.08. The Kier molecular flexibility index (Phi) is 7.88. The lowest BCUT2D eigenvalue weighted by molar-refractivity contribution is -0.148.